The van der Waals surface area contributed by atoms with Crippen molar-refractivity contribution in [3.05, 3.63) is 77.4 Å². The van der Waals surface area contributed by atoms with Crippen molar-refractivity contribution in [3.8, 4) is 5.69 Å². The second-order valence-corrected chi connectivity index (χ2v) is 6.78. The van der Waals surface area contributed by atoms with Gasteiger partial charge in [-0.2, -0.15) is 0 Å². The summed E-state index contributed by atoms with van der Waals surface area (Å²) in [5.41, 5.74) is 3.32. The molecular formula is C21H22N4O. The van der Waals surface area contributed by atoms with E-state index in [1.165, 1.54) is 5.56 Å². The highest BCUT2D eigenvalue weighted by molar-refractivity contribution is 5.90. The highest BCUT2D eigenvalue weighted by atomic mass is 16.2. The molecule has 1 aliphatic rings. The molecule has 1 saturated carbocycles. The average molecular weight is 346 g/mol. The van der Waals surface area contributed by atoms with E-state index in [1.807, 2.05) is 54.1 Å². The molecule has 0 bridgehead atoms. The molecule has 0 saturated heterocycles. The molecular weight excluding hydrogens is 324 g/mol. The first-order valence-electron chi connectivity index (χ1n) is 9.07. The van der Waals surface area contributed by atoms with Crippen LogP contribution in [0.4, 0.5) is 0 Å². The number of amides is 1. The molecule has 2 aromatic carbocycles. The van der Waals surface area contributed by atoms with Crippen LogP contribution in [0.15, 0.2) is 54.6 Å². The number of nitrogens with one attached hydrogen (secondary N) is 1. The molecule has 132 valence electrons. The molecule has 1 amide bonds. The SMILES string of the molecule is Cc1ccccc1-n1nc(C(=O)NC2CC2)nc1CCc1ccccc1. The van der Waals surface area contributed by atoms with Crippen LogP contribution in [0.1, 0.15) is 40.4 Å². The molecule has 0 unspecified atom stereocenters. The number of para-hydroxylation sites is 1. The summed E-state index contributed by atoms with van der Waals surface area (Å²) < 4.78 is 1.82. The number of benzene rings is 2. The average Bonchev–Trinajstić information content (AvgIpc) is 3.37. The van der Waals surface area contributed by atoms with E-state index in [1.54, 1.807) is 0 Å². The van der Waals surface area contributed by atoms with Gasteiger partial charge >= 0.3 is 0 Å². The number of hydrogen-bond acceptors (Lipinski definition) is 3. The van der Waals surface area contributed by atoms with Crippen LogP contribution in [0, 0.1) is 6.92 Å². The van der Waals surface area contributed by atoms with Crippen molar-refractivity contribution >= 4 is 5.91 Å². The van der Waals surface area contributed by atoms with Crippen molar-refractivity contribution in [1.82, 2.24) is 20.1 Å². The van der Waals surface area contributed by atoms with Crippen LogP contribution in [-0.2, 0) is 12.8 Å². The van der Waals surface area contributed by atoms with Gasteiger partial charge in [0.1, 0.15) is 5.82 Å². The molecule has 1 heterocycles. The summed E-state index contributed by atoms with van der Waals surface area (Å²) in [6, 6.07) is 18.6. The number of carbonyl (C=O) groups is 1. The molecule has 3 aromatic rings. The predicted octanol–water partition coefficient (Wildman–Crippen LogP) is 3.25. The Morgan fingerprint density at radius 1 is 1.08 bits per heavy atom. The standard InChI is InChI=1S/C21H22N4O/c1-15-7-5-6-10-18(15)25-19(14-11-16-8-3-2-4-9-16)23-20(24-25)21(26)22-17-12-13-17/h2-10,17H,11-14H2,1H3,(H,22,26). The van der Waals surface area contributed by atoms with Crippen molar-refractivity contribution in [2.75, 3.05) is 0 Å². The first-order valence-corrected chi connectivity index (χ1v) is 9.07. The summed E-state index contributed by atoms with van der Waals surface area (Å²) in [6.45, 7) is 2.04. The van der Waals surface area contributed by atoms with Gasteiger partial charge in [-0.15, -0.1) is 5.10 Å². The van der Waals surface area contributed by atoms with Crippen LogP contribution in [0.2, 0.25) is 0 Å². The highest BCUT2D eigenvalue weighted by Crippen LogP contribution is 2.20. The van der Waals surface area contributed by atoms with Crippen LogP contribution < -0.4 is 5.32 Å². The molecule has 5 heteroatoms. The van der Waals surface area contributed by atoms with Crippen molar-refractivity contribution in [3.63, 3.8) is 0 Å². The zero-order valence-electron chi connectivity index (χ0n) is 14.9. The summed E-state index contributed by atoms with van der Waals surface area (Å²) in [7, 11) is 0. The Bertz CT molecular complexity index is 913. The molecule has 26 heavy (non-hydrogen) atoms. The molecule has 0 aliphatic heterocycles. The van der Waals surface area contributed by atoms with E-state index in [0.717, 1.165) is 42.8 Å². The van der Waals surface area contributed by atoms with E-state index < -0.39 is 0 Å². The van der Waals surface area contributed by atoms with Crippen LogP contribution in [0.5, 0.6) is 0 Å². The maximum atomic E-state index is 12.4. The fraction of sp³-hybridized carbons (Fsp3) is 0.286. The van der Waals surface area contributed by atoms with E-state index in [9.17, 15) is 4.79 Å². The second-order valence-electron chi connectivity index (χ2n) is 6.78. The van der Waals surface area contributed by atoms with Gasteiger partial charge in [0.2, 0.25) is 5.82 Å². The zero-order chi connectivity index (χ0) is 17.9. The maximum Gasteiger partial charge on any atom is 0.291 e. The third kappa shape index (κ3) is 3.67. The van der Waals surface area contributed by atoms with Gasteiger partial charge in [-0.05, 0) is 43.4 Å². The van der Waals surface area contributed by atoms with E-state index in [0.29, 0.717) is 6.04 Å². The summed E-state index contributed by atoms with van der Waals surface area (Å²) >= 11 is 0. The van der Waals surface area contributed by atoms with E-state index >= 15 is 0 Å². The minimum absolute atomic E-state index is 0.180. The monoisotopic (exact) mass is 346 g/mol. The number of rotatable bonds is 6. The van der Waals surface area contributed by atoms with Gasteiger partial charge in [0.15, 0.2) is 0 Å². The third-order valence-electron chi connectivity index (χ3n) is 4.61. The quantitative estimate of drug-likeness (QED) is 0.745. The Balaban J connectivity index is 1.64. The van der Waals surface area contributed by atoms with Gasteiger partial charge in [-0.1, -0.05) is 48.5 Å². The van der Waals surface area contributed by atoms with Gasteiger partial charge in [-0.25, -0.2) is 9.67 Å². The van der Waals surface area contributed by atoms with Crippen molar-refractivity contribution < 1.29 is 4.79 Å². The third-order valence-corrected chi connectivity index (χ3v) is 4.61. The first-order chi connectivity index (χ1) is 12.7. The normalized spacial score (nSPS) is 13.6. The Morgan fingerprint density at radius 3 is 2.54 bits per heavy atom. The van der Waals surface area contributed by atoms with Gasteiger partial charge in [-0.3, -0.25) is 4.79 Å². The van der Waals surface area contributed by atoms with Crippen LogP contribution >= 0.6 is 0 Å². The van der Waals surface area contributed by atoms with Crippen molar-refractivity contribution in [2.24, 2.45) is 0 Å². The lowest BCUT2D eigenvalue weighted by Gasteiger charge is -2.08. The number of nitrogens with zero attached hydrogens (tertiary/aromatic N) is 3. The van der Waals surface area contributed by atoms with Crippen LogP contribution in [-0.4, -0.2) is 26.7 Å². The summed E-state index contributed by atoms with van der Waals surface area (Å²) in [4.78, 5) is 17.0. The Labute approximate surface area is 153 Å². The molecule has 0 radical (unpaired) electrons. The lowest BCUT2D eigenvalue weighted by molar-refractivity contribution is 0.0940. The largest absolute Gasteiger partial charge is 0.347 e. The highest BCUT2D eigenvalue weighted by Gasteiger charge is 2.26. The lowest BCUT2D eigenvalue weighted by Crippen LogP contribution is -2.26. The predicted molar refractivity (Wildman–Crippen MR) is 100 cm³/mol. The molecule has 5 nitrogen and oxygen atoms in total. The molecule has 1 N–H and O–H groups in total. The lowest BCUT2D eigenvalue weighted by atomic mass is 10.1. The molecule has 1 aromatic heterocycles. The van der Waals surface area contributed by atoms with Crippen LogP contribution in [0.3, 0.4) is 0 Å². The Hall–Kier alpha value is -2.95. The molecule has 0 spiro atoms. The van der Waals surface area contributed by atoms with E-state index in [2.05, 4.69) is 27.5 Å². The van der Waals surface area contributed by atoms with Crippen molar-refractivity contribution in [1.29, 1.82) is 0 Å². The summed E-state index contributed by atoms with van der Waals surface area (Å²) in [5.74, 6) is 0.883. The number of aromatic nitrogens is 3. The van der Waals surface area contributed by atoms with Gasteiger partial charge in [0.05, 0.1) is 5.69 Å². The fourth-order valence-electron chi connectivity index (χ4n) is 2.97. The molecule has 0 atom stereocenters. The van der Waals surface area contributed by atoms with Gasteiger partial charge < -0.3 is 5.32 Å². The summed E-state index contributed by atoms with van der Waals surface area (Å²) in [5, 5.41) is 7.50. The first kappa shape index (κ1) is 16.5. The molecule has 1 fully saturated rings. The van der Waals surface area contributed by atoms with Crippen molar-refractivity contribution in [2.45, 2.75) is 38.6 Å². The number of hydrogen-bond donors (Lipinski definition) is 1. The Kier molecular flexibility index (Phi) is 4.52. The smallest absolute Gasteiger partial charge is 0.291 e. The van der Waals surface area contributed by atoms with E-state index in [-0.39, 0.29) is 11.7 Å². The minimum atomic E-state index is -0.180. The Morgan fingerprint density at radius 2 is 1.81 bits per heavy atom. The fourth-order valence-corrected chi connectivity index (χ4v) is 2.97. The van der Waals surface area contributed by atoms with Gasteiger partial charge in [0, 0.05) is 12.5 Å². The van der Waals surface area contributed by atoms with E-state index in [4.69, 9.17) is 0 Å². The van der Waals surface area contributed by atoms with Crippen LogP contribution in [0.25, 0.3) is 5.69 Å². The summed E-state index contributed by atoms with van der Waals surface area (Å²) in [6.07, 6.45) is 3.67. The number of aryl methyl sites for hydroxylation is 3. The van der Waals surface area contributed by atoms with Gasteiger partial charge in [0.25, 0.3) is 5.91 Å². The maximum absolute atomic E-state index is 12.4. The zero-order valence-corrected chi connectivity index (χ0v) is 14.9. The molecule has 1 aliphatic carbocycles. The second kappa shape index (κ2) is 7.12. The minimum Gasteiger partial charge on any atom is -0.347 e. The molecule has 4 rings (SSSR count). The topological polar surface area (TPSA) is 59.8 Å². The number of carbonyl (C=O) groups excluding carboxylic acids is 1.